The van der Waals surface area contributed by atoms with E-state index in [-0.39, 0.29) is 27.6 Å². The zero-order chi connectivity index (χ0) is 22.9. The van der Waals surface area contributed by atoms with E-state index in [9.17, 15) is 18.0 Å². The van der Waals surface area contributed by atoms with Gasteiger partial charge in [-0.2, -0.15) is 0 Å². The molecule has 1 N–H and O–H groups in total. The molecule has 0 fully saturated rings. The average molecular weight is 447 g/mol. The standard InChI is InChI=1S/C25H22N2O4S/c1-17-8-11-20(12-9-17)32(30,31)23-15-27(16-24(28)26-19-6-4-3-5-7-19)22-13-10-18(2)14-21(22)25(23)29/h3-15H,16H2,1-2H3,(H,26,28). The third-order valence-electron chi connectivity index (χ3n) is 5.20. The second-order valence-electron chi connectivity index (χ2n) is 7.70. The van der Waals surface area contributed by atoms with Crippen LogP contribution in [0.4, 0.5) is 5.69 Å². The molecule has 32 heavy (non-hydrogen) atoms. The topological polar surface area (TPSA) is 85.2 Å². The molecule has 4 rings (SSSR count). The summed E-state index contributed by atoms with van der Waals surface area (Å²) in [5, 5.41) is 3.05. The summed E-state index contributed by atoms with van der Waals surface area (Å²) in [5.74, 6) is -0.333. The second kappa shape index (κ2) is 8.43. The maximum atomic E-state index is 13.3. The Labute approximate surface area is 186 Å². The third-order valence-corrected chi connectivity index (χ3v) is 6.96. The van der Waals surface area contributed by atoms with Gasteiger partial charge in [-0.3, -0.25) is 9.59 Å². The van der Waals surface area contributed by atoms with Crippen LogP contribution in [0.2, 0.25) is 0 Å². The van der Waals surface area contributed by atoms with Gasteiger partial charge in [-0.15, -0.1) is 0 Å². The molecule has 0 bridgehead atoms. The van der Waals surface area contributed by atoms with Crippen LogP contribution in [0.25, 0.3) is 10.9 Å². The minimum Gasteiger partial charge on any atom is -0.336 e. The van der Waals surface area contributed by atoms with Crippen LogP contribution >= 0.6 is 0 Å². The maximum Gasteiger partial charge on any atom is 0.244 e. The molecule has 1 aromatic heterocycles. The van der Waals surface area contributed by atoms with Crippen molar-refractivity contribution >= 4 is 32.3 Å². The first-order chi connectivity index (χ1) is 15.3. The van der Waals surface area contributed by atoms with Crippen molar-refractivity contribution in [2.45, 2.75) is 30.2 Å². The summed E-state index contributed by atoms with van der Waals surface area (Å²) in [6.07, 6.45) is 1.26. The summed E-state index contributed by atoms with van der Waals surface area (Å²) in [7, 11) is -4.07. The molecule has 0 atom stereocenters. The fourth-order valence-corrected chi connectivity index (χ4v) is 4.90. The normalized spacial score (nSPS) is 11.4. The van der Waals surface area contributed by atoms with Crippen molar-refractivity contribution in [3.8, 4) is 0 Å². The second-order valence-corrected chi connectivity index (χ2v) is 9.62. The van der Waals surface area contributed by atoms with E-state index in [1.165, 1.54) is 22.9 Å². The van der Waals surface area contributed by atoms with E-state index >= 15 is 0 Å². The summed E-state index contributed by atoms with van der Waals surface area (Å²) < 4.78 is 28.1. The van der Waals surface area contributed by atoms with Crippen molar-refractivity contribution < 1.29 is 13.2 Å². The van der Waals surface area contributed by atoms with E-state index < -0.39 is 15.3 Å². The third kappa shape index (κ3) is 4.20. The van der Waals surface area contributed by atoms with Crippen LogP contribution < -0.4 is 10.7 Å². The molecule has 0 saturated heterocycles. The summed E-state index contributed by atoms with van der Waals surface area (Å²) in [4.78, 5) is 25.6. The van der Waals surface area contributed by atoms with E-state index in [1.807, 2.05) is 26.0 Å². The number of hydrogen-bond acceptors (Lipinski definition) is 4. The Balaban J connectivity index is 1.84. The summed E-state index contributed by atoms with van der Waals surface area (Å²) >= 11 is 0. The van der Waals surface area contributed by atoms with Crippen LogP contribution in [0.15, 0.2) is 93.6 Å². The highest BCUT2D eigenvalue weighted by Crippen LogP contribution is 2.22. The predicted molar refractivity (Wildman–Crippen MR) is 125 cm³/mol. The van der Waals surface area contributed by atoms with Gasteiger partial charge in [0.2, 0.25) is 21.2 Å². The number of aromatic nitrogens is 1. The highest BCUT2D eigenvalue weighted by atomic mass is 32.2. The zero-order valence-electron chi connectivity index (χ0n) is 17.7. The van der Waals surface area contributed by atoms with Crippen LogP contribution in [-0.2, 0) is 21.2 Å². The van der Waals surface area contributed by atoms with Gasteiger partial charge in [0.1, 0.15) is 11.4 Å². The number of para-hydroxylation sites is 1. The first-order valence-corrected chi connectivity index (χ1v) is 11.5. The SMILES string of the molecule is Cc1ccc(S(=O)(=O)c2cn(CC(=O)Nc3ccccc3)c3ccc(C)cc3c2=O)cc1. The lowest BCUT2D eigenvalue weighted by Gasteiger charge is -2.14. The molecule has 7 heteroatoms. The molecule has 0 radical (unpaired) electrons. The predicted octanol–water partition coefficient (Wildman–Crippen LogP) is 4.09. The molecular weight excluding hydrogens is 424 g/mol. The van der Waals surface area contributed by atoms with Crippen molar-refractivity contribution in [2.24, 2.45) is 0 Å². The number of fused-ring (bicyclic) bond motifs is 1. The Bertz CT molecular complexity index is 1470. The Morgan fingerprint density at radius 2 is 1.56 bits per heavy atom. The number of anilines is 1. The first kappa shape index (κ1) is 21.5. The van der Waals surface area contributed by atoms with Crippen molar-refractivity contribution in [1.29, 1.82) is 0 Å². The Kier molecular flexibility index (Phi) is 5.67. The number of pyridine rings is 1. The molecule has 1 amide bonds. The molecule has 0 aliphatic carbocycles. The van der Waals surface area contributed by atoms with E-state index in [1.54, 1.807) is 48.5 Å². The van der Waals surface area contributed by atoms with E-state index in [0.29, 0.717) is 11.2 Å². The van der Waals surface area contributed by atoms with Gasteiger partial charge < -0.3 is 9.88 Å². The average Bonchev–Trinajstić information content (AvgIpc) is 2.76. The largest absolute Gasteiger partial charge is 0.336 e. The van der Waals surface area contributed by atoms with Crippen LogP contribution in [0, 0.1) is 13.8 Å². The monoisotopic (exact) mass is 446 g/mol. The number of sulfone groups is 1. The number of nitrogens with one attached hydrogen (secondary N) is 1. The number of benzene rings is 3. The van der Waals surface area contributed by atoms with Crippen molar-refractivity contribution in [3.05, 3.63) is 100 Å². The van der Waals surface area contributed by atoms with Gasteiger partial charge in [-0.1, -0.05) is 47.5 Å². The molecule has 4 aromatic rings. The molecular formula is C25H22N2O4S. The highest BCUT2D eigenvalue weighted by Gasteiger charge is 2.24. The molecule has 162 valence electrons. The Hall–Kier alpha value is -3.71. The van der Waals surface area contributed by atoms with Gasteiger partial charge in [0.25, 0.3) is 0 Å². The van der Waals surface area contributed by atoms with Crippen LogP contribution in [-0.4, -0.2) is 18.9 Å². The highest BCUT2D eigenvalue weighted by molar-refractivity contribution is 7.91. The summed E-state index contributed by atoms with van der Waals surface area (Å²) in [6, 6.07) is 20.5. The molecule has 0 unspecified atom stereocenters. The fourth-order valence-electron chi connectivity index (χ4n) is 3.53. The number of nitrogens with zero attached hydrogens (tertiary/aromatic N) is 1. The lowest BCUT2D eigenvalue weighted by molar-refractivity contribution is -0.116. The quantitative estimate of drug-likeness (QED) is 0.500. The van der Waals surface area contributed by atoms with Gasteiger partial charge >= 0.3 is 0 Å². The van der Waals surface area contributed by atoms with Gasteiger partial charge in [0.05, 0.1) is 10.4 Å². The molecule has 3 aromatic carbocycles. The van der Waals surface area contributed by atoms with Crippen LogP contribution in [0.5, 0.6) is 0 Å². The van der Waals surface area contributed by atoms with Crippen LogP contribution in [0.1, 0.15) is 11.1 Å². The molecule has 1 heterocycles. The number of amides is 1. The molecule has 0 aliphatic rings. The smallest absolute Gasteiger partial charge is 0.244 e. The Morgan fingerprint density at radius 3 is 2.25 bits per heavy atom. The molecule has 6 nitrogen and oxygen atoms in total. The molecule has 0 spiro atoms. The minimum absolute atomic E-state index is 0.0347. The molecule has 0 aliphatic heterocycles. The number of carbonyl (C=O) groups excluding carboxylic acids is 1. The number of aryl methyl sites for hydroxylation is 2. The summed E-state index contributed by atoms with van der Waals surface area (Å²) in [6.45, 7) is 3.53. The van der Waals surface area contributed by atoms with Crippen LogP contribution in [0.3, 0.4) is 0 Å². The zero-order valence-corrected chi connectivity index (χ0v) is 18.5. The van der Waals surface area contributed by atoms with Crippen molar-refractivity contribution in [2.75, 3.05) is 5.32 Å². The Morgan fingerprint density at radius 1 is 0.906 bits per heavy atom. The number of carbonyl (C=O) groups is 1. The van der Waals surface area contributed by atoms with Crippen molar-refractivity contribution in [3.63, 3.8) is 0 Å². The summed E-state index contributed by atoms with van der Waals surface area (Å²) in [5.41, 5.74) is 2.27. The number of hydrogen-bond donors (Lipinski definition) is 1. The lowest BCUT2D eigenvalue weighted by atomic mass is 10.1. The van der Waals surface area contributed by atoms with Gasteiger partial charge in [0, 0.05) is 17.3 Å². The van der Waals surface area contributed by atoms with Gasteiger partial charge in [-0.05, 0) is 50.2 Å². The van der Waals surface area contributed by atoms with E-state index in [4.69, 9.17) is 0 Å². The lowest BCUT2D eigenvalue weighted by Crippen LogP contribution is -2.24. The maximum absolute atomic E-state index is 13.3. The fraction of sp³-hybridized carbons (Fsp3) is 0.120. The van der Waals surface area contributed by atoms with E-state index in [0.717, 1.165) is 11.1 Å². The van der Waals surface area contributed by atoms with E-state index in [2.05, 4.69) is 5.32 Å². The van der Waals surface area contributed by atoms with Gasteiger partial charge in [-0.25, -0.2) is 8.42 Å². The first-order valence-electron chi connectivity index (χ1n) is 10.1. The van der Waals surface area contributed by atoms with Crippen molar-refractivity contribution in [1.82, 2.24) is 4.57 Å². The minimum atomic E-state index is -4.07. The number of rotatable bonds is 5. The molecule has 0 saturated carbocycles. The van der Waals surface area contributed by atoms with Gasteiger partial charge in [0.15, 0.2) is 0 Å².